The van der Waals surface area contributed by atoms with Gasteiger partial charge in [-0.25, -0.2) is 9.50 Å². The molecule has 0 aliphatic heterocycles. The number of rotatable bonds is 1. The first kappa shape index (κ1) is 7.28. The molecule has 0 unspecified atom stereocenters. The quantitative estimate of drug-likeness (QED) is 0.636. The fourth-order valence-electron chi connectivity index (χ4n) is 1.22. The molecule has 0 spiro atoms. The van der Waals surface area contributed by atoms with Gasteiger partial charge in [0.25, 0.3) is 0 Å². The van der Waals surface area contributed by atoms with Crippen LogP contribution in [0.3, 0.4) is 0 Å². The standard InChI is InChI=1S/C9H11N3/c1-3-8-4-5-12-9(11-8)7(2)6-10-12/h4-6H,3H2,1-2H3. The molecule has 0 saturated carbocycles. The molecule has 0 radical (unpaired) electrons. The summed E-state index contributed by atoms with van der Waals surface area (Å²) >= 11 is 0. The Morgan fingerprint density at radius 1 is 1.50 bits per heavy atom. The van der Waals surface area contributed by atoms with Gasteiger partial charge in [-0.1, -0.05) is 6.92 Å². The lowest BCUT2D eigenvalue weighted by Gasteiger charge is -1.96. The minimum atomic E-state index is 0.967. The van der Waals surface area contributed by atoms with Crippen molar-refractivity contribution in [1.29, 1.82) is 0 Å². The Morgan fingerprint density at radius 3 is 3.08 bits per heavy atom. The summed E-state index contributed by atoms with van der Waals surface area (Å²) in [7, 11) is 0. The molecule has 0 atom stereocenters. The van der Waals surface area contributed by atoms with E-state index in [9.17, 15) is 0 Å². The fraction of sp³-hybridized carbons (Fsp3) is 0.333. The van der Waals surface area contributed by atoms with Crippen LogP contribution in [0.15, 0.2) is 18.5 Å². The second-order valence-electron chi connectivity index (χ2n) is 2.87. The summed E-state index contributed by atoms with van der Waals surface area (Å²) in [5.41, 5.74) is 3.21. The van der Waals surface area contributed by atoms with Gasteiger partial charge >= 0.3 is 0 Å². The van der Waals surface area contributed by atoms with Crippen LogP contribution < -0.4 is 0 Å². The van der Waals surface area contributed by atoms with Crippen molar-refractivity contribution in [3.8, 4) is 0 Å². The van der Waals surface area contributed by atoms with Crippen LogP contribution in [-0.2, 0) is 6.42 Å². The SMILES string of the molecule is CCc1ccn2ncc(C)c2n1. The van der Waals surface area contributed by atoms with E-state index in [1.807, 2.05) is 25.4 Å². The van der Waals surface area contributed by atoms with Gasteiger partial charge in [0.05, 0.1) is 6.20 Å². The Labute approximate surface area is 71.1 Å². The highest BCUT2D eigenvalue weighted by Gasteiger charge is 2.00. The number of fused-ring (bicyclic) bond motifs is 1. The first-order valence-electron chi connectivity index (χ1n) is 4.11. The van der Waals surface area contributed by atoms with Crippen LogP contribution in [0.2, 0.25) is 0 Å². The van der Waals surface area contributed by atoms with Crippen molar-refractivity contribution in [2.24, 2.45) is 0 Å². The van der Waals surface area contributed by atoms with Crippen LogP contribution >= 0.6 is 0 Å². The zero-order chi connectivity index (χ0) is 8.55. The zero-order valence-corrected chi connectivity index (χ0v) is 7.28. The zero-order valence-electron chi connectivity index (χ0n) is 7.28. The number of aromatic nitrogens is 3. The molecule has 0 aliphatic rings. The molecule has 62 valence electrons. The molecule has 0 aliphatic carbocycles. The summed E-state index contributed by atoms with van der Waals surface area (Å²) in [4.78, 5) is 4.45. The number of hydrogen-bond acceptors (Lipinski definition) is 2. The highest BCUT2D eigenvalue weighted by atomic mass is 15.2. The minimum absolute atomic E-state index is 0.967. The molecule has 0 fully saturated rings. The Morgan fingerprint density at radius 2 is 2.33 bits per heavy atom. The number of aryl methyl sites for hydroxylation is 2. The van der Waals surface area contributed by atoms with Crippen LogP contribution in [0.25, 0.3) is 5.65 Å². The highest BCUT2D eigenvalue weighted by Crippen LogP contribution is 2.06. The van der Waals surface area contributed by atoms with Gasteiger partial charge in [-0.05, 0) is 19.4 Å². The van der Waals surface area contributed by atoms with E-state index in [0.717, 1.165) is 23.3 Å². The van der Waals surface area contributed by atoms with Gasteiger partial charge in [0.15, 0.2) is 5.65 Å². The molecule has 0 bridgehead atoms. The molecule has 3 nitrogen and oxygen atoms in total. The average Bonchev–Trinajstić information content (AvgIpc) is 2.47. The van der Waals surface area contributed by atoms with Crippen LogP contribution in [0.1, 0.15) is 18.2 Å². The van der Waals surface area contributed by atoms with Gasteiger partial charge < -0.3 is 0 Å². The number of nitrogens with zero attached hydrogens (tertiary/aromatic N) is 3. The van der Waals surface area contributed by atoms with Gasteiger partial charge in [-0.3, -0.25) is 0 Å². The second kappa shape index (κ2) is 2.59. The van der Waals surface area contributed by atoms with E-state index in [4.69, 9.17) is 0 Å². The van der Waals surface area contributed by atoms with E-state index in [1.54, 1.807) is 4.52 Å². The predicted octanol–water partition coefficient (Wildman–Crippen LogP) is 1.60. The maximum Gasteiger partial charge on any atom is 0.158 e. The van der Waals surface area contributed by atoms with Crippen LogP contribution in [0.5, 0.6) is 0 Å². The summed E-state index contributed by atoms with van der Waals surface area (Å²) in [5, 5.41) is 4.15. The third kappa shape index (κ3) is 0.978. The summed E-state index contributed by atoms with van der Waals surface area (Å²) in [6.45, 7) is 4.12. The molecule has 2 rings (SSSR count). The van der Waals surface area contributed by atoms with Crippen molar-refractivity contribution in [3.63, 3.8) is 0 Å². The molecule has 0 aromatic carbocycles. The molecule has 0 N–H and O–H groups in total. The van der Waals surface area contributed by atoms with Crippen LogP contribution in [0.4, 0.5) is 0 Å². The van der Waals surface area contributed by atoms with E-state index in [1.165, 1.54) is 0 Å². The van der Waals surface area contributed by atoms with E-state index in [-0.39, 0.29) is 0 Å². The van der Waals surface area contributed by atoms with E-state index >= 15 is 0 Å². The van der Waals surface area contributed by atoms with Crippen molar-refractivity contribution in [3.05, 3.63) is 29.7 Å². The maximum absolute atomic E-state index is 4.45. The largest absolute Gasteiger partial charge is 0.233 e. The fourth-order valence-corrected chi connectivity index (χ4v) is 1.22. The Bertz CT molecular complexity index is 403. The van der Waals surface area contributed by atoms with E-state index in [0.29, 0.717) is 0 Å². The van der Waals surface area contributed by atoms with Gasteiger partial charge in [0.2, 0.25) is 0 Å². The average molecular weight is 161 g/mol. The van der Waals surface area contributed by atoms with Crippen LogP contribution in [-0.4, -0.2) is 14.6 Å². The highest BCUT2D eigenvalue weighted by molar-refractivity contribution is 5.45. The summed E-state index contributed by atoms with van der Waals surface area (Å²) in [6, 6.07) is 2.00. The molecule has 12 heavy (non-hydrogen) atoms. The molecular formula is C9H11N3. The van der Waals surface area contributed by atoms with Gasteiger partial charge in [0, 0.05) is 17.5 Å². The third-order valence-corrected chi connectivity index (χ3v) is 1.97. The molecule has 0 amide bonds. The third-order valence-electron chi connectivity index (χ3n) is 1.97. The molecule has 2 heterocycles. The Hall–Kier alpha value is -1.38. The van der Waals surface area contributed by atoms with Crippen molar-refractivity contribution in [2.45, 2.75) is 20.3 Å². The molecule has 2 aromatic rings. The summed E-state index contributed by atoms with van der Waals surface area (Å²) in [5.74, 6) is 0. The van der Waals surface area contributed by atoms with Crippen LogP contribution in [0, 0.1) is 6.92 Å². The van der Waals surface area contributed by atoms with Gasteiger partial charge in [-0.2, -0.15) is 5.10 Å². The number of hydrogen-bond donors (Lipinski definition) is 0. The minimum Gasteiger partial charge on any atom is -0.233 e. The smallest absolute Gasteiger partial charge is 0.158 e. The lowest BCUT2D eigenvalue weighted by atomic mass is 10.3. The molecular weight excluding hydrogens is 150 g/mol. The van der Waals surface area contributed by atoms with Crippen molar-refractivity contribution in [1.82, 2.24) is 14.6 Å². The second-order valence-corrected chi connectivity index (χ2v) is 2.87. The van der Waals surface area contributed by atoms with Gasteiger partial charge in [-0.15, -0.1) is 0 Å². The monoisotopic (exact) mass is 161 g/mol. The molecule has 2 aromatic heterocycles. The van der Waals surface area contributed by atoms with Gasteiger partial charge in [0.1, 0.15) is 0 Å². The van der Waals surface area contributed by atoms with E-state index in [2.05, 4.69) is 17.0 Å². The van der Waals surface area contributed by atoms with Crippen molar-refractivity contribution >= 4 is 5.65 Å². The van der Waals surface area contributed by atoms with Crippen molar-refractivity contribution in [2.75, 3.05) is 0 Å². The molecule has 0 saturated heterocycles. The summed E-state index contributed by atoms with van der Waals surface area (Å²) < 4.78 is 1.80. The summed E-state index contributed by atoms with van der Waals surface area (Å²) in [6.07, 6.45) is 4.76. The predicted molar refractivity (Wildman–Crippen MR) is 47.1 cm³/mol. The van der Waals surface area contributed by atoms with Crippen molar-refractivity contribution < 1.29 is 0 Å². The normalized spacial score (nSPS) is 10.8. The topological polar surface area (TPSA) is 30.2 Å². The maximum atomic E-state index is 4.45. The Balaban J connectivity index is 2.71. The first-order valence-corrected chi connectivity index (χ1v) is 4.11. The van der Waals surface area contributed by atoms with E-state index < -0.39 is 0 Å². The lowest BCUT2D eigenvalue weighted by Crippen LogP contribution is -1.93. The lowest BCUT2D eigenvalue weighted by molar-refractivity contribution is 0.912. The Kier molecular flexibility index (Phi) is 1.57. The molecule has 3 heteroatoms. The first-order chi connectivity index (χ1) is 5.81.